The minimum atomic E-state index is -0.0573. The zero-order chi connectivity index (χ0) is 18.4. The Hall–Kier alpha value is -0.788. The number of benzene rings is 1. The van der Waals surface area contributed by atoms with E-state index in [2.05, 4.69) is 35.8 Å². The Balaban J connectivity index is 0.000000844. The van der Waals surface area contributed by atoms with Gasteiger partial charge in [0, 0.05) is 45.9 Å². The van der Waals surface area contributed by atoms with Crippen LogP contribution in [0, 0.1) is 38.3 Å². The maximum Gasteiger partial charge on any atom is 0 e. The van der Waals surface area contributed by atoms with Crippen LogP contribution < -0.4 is 0 Å². The molecule has 4 nitrogen and oxygen atoms in total. The number of ketones is 1. The third-order valence-corrected chi connectivity index (χ3v) is 5.54. The van der Waals surface area contributed by atoms with Gasteiger partial charge in [-0.25, -0.2) is 0 Å². The van der Waals surface area contributed by atoms with Crippen molar-refractivity contribution in [1.29, 1.82) is 0 Å². The quantitative estimate of drug-likeness (QED) is 0.429. The van der Waals surface area contributed by atoms with Gasteiger partial charge in [-0.15, -0.1) is 0 Å². The number of likely N-dealkylation sites (tertiary alicyclic amines) is 1. The van der Waals surface area contributed by atoms with Gasteiger partial charge in [0.05, 0.1) is 12.2 Å². The van der Waals surface area contributed by atoms with Crippen molar-refractivity contribution in [2.75, 3.05) is 19.6 Å². The summed E-state index contributed by atoms with van der Waals surface area (Å²) in [7, 11) is 0. The fourth-order valence-corrected chi connectivity index (χ4v) is 4.10. The van der Waals surface area contributed by atoms with E-state index >= 15 is 0 Å². The Kier molecular flexibility index (Phi) is 8.90. The molecule has 1 saturated carbocycles. The summed E-state index contributed by atoms with van der Waals surface area (Å²) in [4.78, 5) is 14.5. The molecule has 1 aromatic carbocycles. The molecule has 2 fully saturated rings. The summed E-state index contributed by atoms with van der Waals surface area (Å²) in [5.74, 6) is 1.12. The van der Waals surface area contributed by atoms with Crippen molar-refractivity contribution in [3.05, 3.63) is 73.6 Å². The fourth-order valence-electron chi connectivity index (χ4n) is 4.10. The topological polar surface area (TPSA) is 49.4 Å². The van der Waals surface area contributed by atoms with E-state index in [9.17, 15) is 4.79 Å². The summed E-state index contributed by atoms with van der Waals surface area (Å²) in [6.45, 7) is 8.37. The van der Waals surface area contributed by atoms with Crippen LogP contribution in [0.25, 0.3) is 0 Å². The van der Waals surface area contributed by atoms with E-state index in [0.717, 1.165) is 51.4 Å². The standard InChI is InChI=1S/C21H24NO2.CO.Re/c23-20(17-6-1-2-7-17)10-5-13-22-14-11-21(12-15-22)19-9-4-3-8-18(19)16-24-21;1-2;/h1-4,6-9H,5,10-16H2;;. The molecule has 0 aromatic heterocycles. The van der Waals surface area contributed by atoms with Gasteiger partial charge in [-0.1, -0.05) is 24.3 Å². The van der Waals surface area contributed by atoms with Crippen LogP contribution in [0.2, 0.25) is 0 Å². The van der Waals surface area contributed by atoms with E-state index in [1.807, 2.05) is 25.7 Å². The largest absolute Gasteiger partial charge is 0 e. The molecule has 0 N–H and O–H groups in total. The number of Topliss-reactive ketones (excluding diaryl/α,β-unsaturated/α-hetero) is 1. The summed E-state index contributed by atoms with van der Waals surface area (Å²) in [6, 6.07) is 8.64. The van der Waals surface area contributed by atoms with Crippen LogP contribution in [0.1, 0.15) is 36.8 Å². The number of fused-ring (bicyclic) bond motifs is 2. The molecule has 27 heavy (non-hydrogen) atoms. The van der Waals surface area contributed by atoms with Crippen LogP contribution in [0.3, 0.4) is 0 Å². The predicted octanol–water partition coefficient (Wildman–Crippen LogP) is 3.22. The van der Waals surface area contributed by atoms with Gasteiger partial charge in [-0.05, 0) is 62.6 Å². The molecular weight excluding hydrogens is 512 g/mol. The summed E-state index contributed by atoms with van der Waals surface area (Å²) < 4.78 is 13.7. The molecule has 4 rings (SSSR count). The fraction of sp³-hybridized carbons (Fsp3) is 0.409. The van der Waals surface area contributed by atoms with Crippen LogP contribution >= 0.6 is 0 Å². The van der Waals surface area contributed by atoms with Crippen LogP contribution in [-0.2, 0) is 46.8 Å². The molecule has 0 atom stereocenters. The minimum Gasteiger partial charge on any atom is 0 e. The van der Waals surface area contributed by atoms with E-state index in [1.165, 1.54) is 11.1 Å². The molecule has 142 valence electrons. The molecule has 3 aliphatic rings. The van der Waals surface area contributed by atoms with Crippen molar-refractivity contribution in [3.8, 4) is 0 Å². The van der Waals surface area contributed by atoms with Crippen LogP contribution in [0.5, 0.6) is 0 Å². The first kappa shape index (κ1) is 22.5. The second-order valence-corrected chi connectivity index (χ2v) is 6.98. The van der Waals surface area contributed by atoms with Gasteiger partial charge < -0.3 is 9.64 Å². The van der Waals surface area contributed by atoms with Gasteiger partial charge in [0.1, 0.15) is 5.78 Å². The van der Waals surface area contributed by atoms with E-state index in [4.69, 9.17) is 9.39 Å². The Morgan fingerprint density at radius 1 is 1.15 bits per heavy atom. The maximum absolute atomic E-state index is 12.1. The number of carbonyl (C=O) groups is 1. The van der Waals surface area contributed by atoms with Crippen LogP contribution in [-0.4, -0.2) is 30.3 Å². The molecule has 5 heteroatoms. The molecule has 2 aliphatic heterocycles. The number of carbonyl (C=O) groups excluding carboxylic acids is 1. The average Bonchev–Trinajstić information content (AvgIpc) is 3.35. The van der Waals surface area contributed by atoms with Crippen molar-refractivity contribution in [2.45, 2.75) is 37.9 Å². The normalized spacial score (nSPS) is 21.1. The van der Waals surface area contributed by atoms with Gasteiger partial charge in [0.15, 0.2) is 0 Å². The van der Waals surface area contributed by atoms with Crippen molar-refractivity contribution in [2.24, 2.45) is 0 Å². The Morgan fingerprint density at radius 3 is 2.52 bits per heavy atom. The summed E-state index contributed by atoms with van der Waals surface area (Å²) in [5.41, 5.74) is 2.69. The first-order chi connectivity index (χ1) is 12.8. The van der Waals surface area contributed by atoms with Gasteiger partial charge in [-0.2, -0.15) is 0 Å². The van der Waals surface area contributed by atoms with Gasteiger partial charge in [0.25, 0.3) is 0 Å². The summed E-state index contributed by atoms with van der Waals surface area (Å²) in [5, 5.41) is 0. The third kappa shape index (κ3) is 5.18. The minimum absolute atomic E-state index is 0. The first-order valence-corrected chi connectivity index (χ1v) is 9.17. The molecule has 6 radical (unpaired) electrons. The molecule has 0 amide bonds. The zero-order valence-corrected chi connectivity index (χ0v) is 18.0. The number of rotatable bonds is 5. The van der Waals surface area contributed by atoms with E-state index in [1.54, 1.807) is 0 Å². The summed E-state index contributed by atoms with van der Waals surface area (Å²) >= 11 is 0. The number of hydrogen-bond donors (Lipinski definition) is 0. The molecule has 0 bridgehead atoms. The van der Waals surface area contributed by atoms with Crippen LogP contribution in [0.15, 0.2) is 24.3 Å². The SMILES string of the molecule is O=C(CCCN1CCC2(CC1)OCc1ccccc12)[C]1[CH][CH][CH][CH]1.[C-]#[O+].[Re]. The van der Waals surface area contributed by atoms with Crippen LogP contribution in [0.4, 0.5) is 0 Å². The first-order valence-electron chi connectivity index (χ1n) is 9.17. The number of piperidine rings is 1. The Bertz CT molecular complexity index is 631. The monoisotopic (exact) mass is 537 g/mol. The molecule has 1 aliphatic carbocycles. The average molecular weight is 537 g/mol. The van der Waals surface area contributed by atoms with Gasteiger partial charge >= 0.3 is 11.3 Å². The number of nitrogens with zero attached hydrogens (tertiary/aromatic N) is 1. The summed E-state index contributed by atoms with van der Waals surface area (Å²) in [6.07, 6.45) is 11.4. The molecule has 2 heterocycles. The molecular formula is C22H24NO3Re. The van der Waals surface area contributed by atoms with Crippen molar-refractivity contribution < 1.29 is 34.6 Å². The van der Waals surface area contributed by atoms with E-state index < -0.39 is 0 Å². The van der Waals surface area contributed by atoms with Crippen molar-refractivity contribution in [3.63, 3.8) is 0 Å². The van der Waals surface area contributed by atoms with E-state index in [-0.39, 0.29) is 31.8 Å². The molecule has 1 saturated heterocycles. The van der Waals surface area contributed by atoms with Gasteiger partial charge in [0.2, 0.25) is 0 Å². The van der Waals surface area contributed by atoms with Crippen molar-refractivity contribution in [1.82, 2.24) is 4.90 Å². The van der Waals surface area contributed by atoms with Crippen molar-refractivity contribution >= 4 is 5.78 Å². The second-order valence-electron chi connectivity index (χ2n) is 6.98. The Morgan fingerprint density at radius 2 is 1.81 bits per heavy atom. The third-order valence-electron chi connectivity index (χ3n) is 5.54. The Labute approximate surface area is 176 Å². The second kappa shape index (κ2) is 10.7. The zero-order valence-electron chi connectivity index (χ0n) is 15.3. The molecule has 1 aromatic rings. The number of hydrogen-bond acceptors (Lipinski definition) is 3. The predicted molar refractivity (Wildman–Crippen MR) is 97.2 cm³/mol. The smallest absolute Gasteiger partial charge is 0 e. The van der Waals surface area contributed by atoms with E-state index in [0.29, 0.717) is 6.42 Å². The number of ether oxygens (including phenoxy) is 1. The molecule has 1 spiro atoms. The molecule has 0 unspecified atom stereocenters. The van der Waals surface area contributed by atoms with Gasteiger partial charge in [-0.3, -0.25) is 4.79 Å². The maximum atomic E-state index is 12.1.